The quantitative estimate of drug-likeness (QED) is 0.634. The number of ether oxygens (including phenoxy) is 1. The molecule has 0 unspecified atom stereocenters. The summed E-state index contributed by atoms with van der Waals surface area (Å²) in [6, 6.07) is 6.15. The average molecular weight is 340 g/mol. The third-order valence-electron chi connectivity index (χ3n) is 3.70. The number of carbonyl (C=O) groups is 1. The summed E-state index contributed by atoms with van der Waals surface area (Å²) in [7, 11) is 0. The van der Waals surface area contributed by atoms with E-state index in [1.807, 2.05) is 25.1 Å². The molecule has 0 spiro atoms. The monoisotopic (exact) mass is 339 g/mol. The fourth-order valence-electron chi connectivity index (χ4n) is 2.62. The molecular formula is C16H22BrNO2. The van der Waals surface area contributed by atoms with Crippen molar-refractivity contribution in [3.8, 4) is 0 Å². The number of anilines is 1. The highest BCUT2D eigenvalue weighted by Crippen LogP contribution is 2.27. The van der Waals surface area contributed by atoms with Crippen LogP contribution in [0.1, 0.15) is 55.8 Å². The van der Waals surface area contributed by atoms with E-state index in [2.05, 4.69) is 21.2 Å². The van der Waals surface area contributed by atoms with Crippen molar-refractivity contribution in [3.63, 3.8) is 0 Å². The third-order valence-corrected chi connectivity index (χ3v) is 4.35. The Morgan fingerprint density at radius 3 is 2.60 bits per heavy atom. The van der Waals surface area contributed by atoms with Gasteiger partial charge in [0.1, 0.15) is 0 Å². The summed E-state index contributed by atoms with van der Waals surface area (Å²) in [5, 5.41) is 3.59. The van der Waals surface area contributed by atoms with Crippen LogP contribution in [0.2, 0.25) is 0 Å². The fourth-order valence-corrected chi connectivity index (χ4v) is 3.11. The van der Waals surface area contributed by atoms with Gasteiger partial charge >= 0.3 is 5.97 Å². The molecule has 0 bridgehead atoms. The number of carbonyl (C=O) groups excluding carboxylic acids is 1. The number of nitrogens with one attached hydrogen (secondary N) is 1. The topological polar surface area (TPSA) is 38.3 Å². The second kappa shape index (κ2) is 7.67. The molecule has 1 aliphatic rings. The SMILES string of the molecule is CCOC(=O)c1ccc(NC2CCCCCC2)c(Br)c1. The van der Waals surface area contributed by atoms with Crippen LogP contribution in [0.4, 0.5) is 5.69 Å². The number of halogens is 1. The molecule has 2 rings (SSSR count). The summed E-state index contributed by atoms with van der Waals surface area (Å²) >= 11 is 3.54. The van der Waals surface area contributed by atoms with E-state index >= 15 is 0 Å². The molecule has 0 saturated heterocycles. The second-order valence-corrected chi connectivity index (χ2v) is 6.10. The van der Waals surface area contributed by atoms with Gasteiger partial charge in [0, 0.05) is 16.2 Å². The molecule has 0 aromatic heterocycles. The van der Waals surface area contributed by atoms with E-state index in [4.69, 9.17) is 4.74 Å². The standard InChI is InChI=1S/C16H22BrNO2/c1-2-20-16(19)12-9-10-15(14(17)11-12)18-13-7-5-3-4-6-8-13/h9-11,13,18H,2-8H2,1H3. The molecule has 1 N–H and O–H groups in total. The van der Waals surface area contributed by atoms with Crippen molar-refractivity contribution in [3.05, 3.63) is 28.2 Å². The minimum Gasteiger partial charge on any atom is -0.462 e. The normalized spacial score (nSPS) is 16.5. The van der Waals surface area contributed by atoms with E-state index in [0.29, 0.717) is 18.2 Å². The highest BCUT2D eigenvalue weighted by molar-refractivity contribution is 9.10. The lowest BCUT2D eigenvalue weighted by molar-refractivity contribution is 0.0526. The predicted octanol–water partition coefficient (Wildman–Crippen LogP) is 4.76. The van der Waals surface area contributed by atoms with E-state index in [-0.39, 0.29) is 5.97 Å². The Hall–Kier alpha value is -1.03. The van der Waals surface area contributed by atoms with Crippen molar-refractivity contribution in [1.29, 1.82) is 0 Å². The van der Waals surface area contributed by atoms with Gasteiger partial charge in [0.25, 0.3) is 0 Å². The number of esters is 1. The van der Waals surface area contributed by atoms with Crippen molar-refractivity contribution < 1.29 is 9.53 Å². The zero-order valence-electron chi connectivity index (χ0n) is 12.0. The minimum atomic E-state index is -0.269. The highest BCUT2D eigenvalue weighted by Gasteiger charge is 2.14. The van der Waals surface area contributed by atoms with Crippen LogP contribution < -0.4 is 5.32 Å². The number of hydrogen-bond donors (Lipinski definition) is 1. The molecule has 0 atom stereocenters. The third kappa shape index (κ3) is 4.23. The van der Waals surface area contributed by atoms with E-state index in [1.54, 1.807) is 0 Å². The summed E-state index contributed by atoms with van der Waals surface area (Å²) < 4.78 is 5.93. The summed E-state index contributed by atoms with van der Waals surface area (Å²) in [4.78, 5) is 11.7. The largest absolute Gasteiger partial charge is 0.462 e. The smallest absolute Gasteiger partial charge is 0.338 e. The van der Waals surface area contributed by atoms with Gasteiger partial charge in [0.15, 0.2) is 0 Å². The Bertz CT molecular complexity index is 454. The van der Waals surface area contributed by atoms with Crippen LogP contribution >= 0.6 is 15.9 Å². The molecule has 110 valence electrons. The first kappa shape index (κ1) is 15.4. The van der Waals surface area contributed by atoms with Crippen molar-refractivity contribution in [1.82, 2.24) is 0 Å². The second-order valence-electron chi connectivity index (χ2n) is 5.25. The fraction of sp³-hybridized carbons (Fsp3) is 0.562. The Balaban J connectivity index is 2.03. The maximum Gasteiger partial charge on any atom is 0.338 e. The van der Waals surface area contributed by atoms with Gasteiger partial charge in [-0.05, 0) is 53.9 Å². The van der Waals surface area contributed by atoms with Crippen molar-refractivity contribution in [2.75, 3.05) is 11.9 Å². The molecule has 4 heteroatoms. The van der Waals surface area contributed by atoms with Crippen molar-refractivity contribution in [2.45, 2.75) is 51.5 Å². The van der Waals surface area contributed by atoms with E-state index in [0.717, 1.165) is 10.2 Å². The molecule has 1 aliphatic carbocycles. The van der Waals surface area contributed by atoms with Crippen molar-refractivity contribution in [2.24, 2.45) is 0 Å². The zero-order valence-corrected chi connectivity index (χ0v) is 13.5. The molecule has 0 heterocycles. The summed E-state index contributed by atoms with van der Waals surface area (Å²) in [6.07, 6.45) is 7.76. The molecule has 20 heavy (non-hydrogen) atoms. The zero-order chi connectivity index (χ0) is 14.4. The number of rotatable bonds is 4. The van der Waals surface area contributed by atoms with Crippen LogP contribution in [0, 0.1) is 0 Å². The summed E-state index contributed by atoms with van der Waals surface area (Å²) in [6.45, 7) is 2.22. The molecule has 1 aromatic carbocycles. The lowest BCUT2D eigenvalue weighted by Gasteiger charge is -2.19. The summed E-state index contributed by atoms with van der Waals surface area (Å²) in [5.74, 6) is -0.269. The van der Waals surface area contributed by atoms with E-state index in [1.165, 1.54) is 38.5 Å². The Labute approximate surface area is 129 Å². The highest BCUT2D eigenvalue weighted by atomic mass is 79.9. The molecule has 0 aliphatic heterocycles. The van der Waals surface area contributed by atoms with Gasteiger partial charge in [-0.1, -0.05) is 25.7 Å². The van der Waals surface area contributed by atoms with Crippen LogP contribution in [0.3, 0.4) is 0 Å². The Kier molecular flexibility index (Phi) is 5.89. The van der Waals surface area contributed by atoms with Crippen molar-refractivity contribution >= 4 is 27.6 Å². The molecule has 0 amide bonds. The van der Waals surface area contributed by atoms with Crippen LogP contribution in [-0.4, -0.2) is 18.6 Å². The van der Waals surface area contributed by atoms with Gasteiger partial charge in [-0.3, -0.25) is 0 Å². The predicted molar refractivity (Wildman–Crippen MR) is 85.2 cm³/mol. The van der Waals surface area contributed by atoms with Gasteiger partial charge in [0.05, 0.1) is 12.2 Å². The van der Waals surface area contributed by atoms with Gasteiger partial charge in [-0.2, -0.15) is 0 Å². The van der Waals surface area contributed by atoms with Gasteiger partial charge in [-0.15, -0.1) is 0 Å². The molecule has 1 aromatic rings. The molecular weight excluding hydrogens is 318 g/mol. The van der Waals surface area contributed by atoms with Crippen LogP contribution in [0.5, 0.6) is 0 Å². The van der Waals surface area contributed by atoms with Crippen LogP contribution in [0.15, 0.2) is 22.7 Å². The van der Waals surface area contributed by atoms with E-state index < -0.39 is 0 Å². The van der Waals surface area contributed by atoms with Gasteiger partial charge in [0.2, 0.25) is 0 Å². The maximum absolute atomic E-state index is 11.7. The molecule has 1 saturated carbocycles. The number of hydrogen-bond acceptors (Lipinski definition) is 3. The Morgan fingerprint density at radius 2 is 2.00 bits per heavy atom. The van der Waals surface area contributed by atoms with Gasteiger partial charge in [-0.25, -0.2) is 4.79 Å². The summed E-state index contributed by atoms with van der Waals surface area (Å²) in [5.41, 5.74) is 1.65. The lowest BCUT2D eigenvalue weighted by atomic mass is 10.1. The lowest BCUT2D eigenvalue weighted by Crippen LogP contribution is -2.18. The molecule has 3 nitrogen and oxygen atoms in total. The first-order chi connectivity index (χ1) is 9.70. The minimum absolute atomic E-state index is 0.269. The molecule has 0 radical (unpaired) electrons. The first-order valence-corrected chi connectivity index (χ1v) is 8.23. The first-order valence-electron chi connectivity index (χ1n) is 7.44. The Morgan fingerprint density at radius 1 is 1.30 bits per heavy atom. The van der Waals surface area contributed by atoms with Gasteiger partial charge < -0.3 is 10.1 Å². The maximum atomic E-state index is 11.7. The average Bonchev–Trinajstić information content (AvgIpc) is 2.70. The van der Waals surface area contributed by atoms with Crippen LogP contribution in [-0.2, 0) is 4.74 Å². The van der Waals surface area contributed by atoms with Crippen LogP contribution in [0.25, 0.3) is 0 Å². The molecule has 1 fully saturated rings. The number of benzene rings is 1. The van der Waals surface area contributed by atoms with E-state index in [9.17, 15) is 4.79 Å².